The summed E-state index contributed by atoms with van der Waals surface area (Å²) in [6, 6.07) is 12.7. The van der Waals surface area contributed by atoms with E-state index in [4.69, 9.17) is 33.0 Å². The molecule has 0 bridgehead atoms. The number of ether oxygens (including phenoxy) is 1. The van der Waals surface area contributed by atoms with Crippen molar-refractivity contribution in [2.75, 3.05) is 6.54 Å². The molecule has 0 saturated carbocycles. The first-order valence-corrected chi connectivity index (χ1v) is 8.84. The van der Waals surface area contributed by atoms with E-state index in [0.717, 1.165) is 11.1 Å². The highest BCUT2D eigenvalue weighted by Gasteiger charge is 2.33. The normalized spacial score (nSPS) is 16.8. The maximum absolute atomic E-state index is 11.9. The number of halogens is 2. The maximum Gasteiger partial charge on any atom is 0.308 e. The molecule has 0 aromatic heterocycles. The molecule has 3 rings (SSSR count). The number of hydrogen-bond donors (Lipinski definition) is 1. The standard InChI is InChI=1S/C19H17Cl2NO4/c20-16-6-3-13(7-17(16)21)11-26-15-4-1-12(2-5-15)9-22-10-14(19(24)25)8-18(22)23/h1-7,14H,8-11H2,(H,24,25). The van der Waals surface area contributed by atoms with Crippen LogP contribution in [0.1, 0.15) is 17.5 Å². The van der Waals surface area contributed by atoms with E-state index in [1.165, 1.54) is 0 Å². The van der Waals surface area contributed by atoms with E-state index in [1.54, 1.807) is 17.0 Å². The lowest BCUT2D eigenvalue weighted by molar-refractivity contribution is -0.141. The summed E-state index contributed by atoms with van der Waals surface area (Å²) < 4.78 is 5.72. The molecular formula is C19H17Cl2NO4. The van der Waals surface area contributed by atoms with Crippen LogP contribution in [0.4, 0.5) is 0 Å². The number of carbonyl (C=O) groups is 2. The smallest absolute Gasteiger partial charge is 0.308 e. The van der Waals surface area contributed by atoms with Crippen molar-refractivity contribution < 1.29 is 19.4 Å². The van der Waals surface area contributed by atoms with Crippen LogP contribution in [0.25, 0.3) is 0 Å². The zero-order valence-electron chi connectivity index (χ0n) is 13.8. The average molecular weight is 394 g/mol. The summed E-state index contributed by atoms with van der Waals surface area (Å²) in [5.74, 6) is -0.975. The van der Waals surface area contributed by atoms with Gasteiger partial charge in [0.1, 0.15) is 12.4 Å². The fourth-order valence-corrected chi connectivity index (χ4v) is 3.12. The first-order chi connectivity index (χ1) is 12.4. The maximum atomic E-state index is 11.9. The Bertz CT molecular complexity index is 823. The number of amides is 1. The zero-order valence-corrected chi connectivity index (χ0v) is 15.3. The number of aliphatic carboxylic acids is 1. The molecule has 1 saturated heterocycles. The molecule has 1 amide bonds. The Kier molecular flexibility index (Phi) is 5.69. The molecule has 5 nitrogen and oxygen atoms in total. The third-order valence-electron chi connectivity index (χ3n) is 4.25. The Balaban J connectivity index is 1.56. The second-order valence-corrected chi connectivity index (χ2v) is 7.01. The van der Waals surface area contributed by atoms with Crippen LogP contribution >= 0.6 is 23.2 Å². The highest BCUT2D eigenvalue weighted by molar-refractivity contribution is 6.42. The van der Waals surface area contributed by atoms with E-state index in [9.17, 15) is 9.59 Å². The molecular weight excluding hydrogens is 377 g/mol. The van der Waals surface area contributed by atoms with Crippen molar-refractivity contribution in [3.8, 4) is 5.75 Å². The van der Waals surface area contributed by atoms with E-state index in [1.807, 2.05) is 30.3 Å². The number of carboxylic acids is 1. The lowest BCUT2D eigenvalue weighted by Gasteiger charge is -2.16. The quantitative estimate of drug-likeness (QED) is 0.804. The van der Waals surface area contributed by atoms with Crippen LogP contribution in [0.2, 0.25) is 10.0 Å². The lowest BCUT2D eigenvalue weighted by Crippen LogP contribution is -2.25. The van der Waals surface area contributed by atoms with Gasteiger partial charge in [-0.1, -0.05) is 41.4 Å². The van der Waals surface area contributed by atoms with Crippen molar-refractivity contribution in [1.29, 1.82) is 0 Å². The van der Waals surface area contributed by atoms with Crippen LogP contribution in [0, 0.1) is 5.92 Å². The van der Waals surface area contributed by atoms with Gasteiger partial charge in [-0.25, -0.2) is 0 Å². The Morgan fingerprint density at radius 1 is 1.12 bits per heavy atom. The summed E-state index contributed by atoms with van der Waals surface area (Å²) >= 11 is 11.9. The van der Waals surface area contributed by atoms with Crippen LogP contribution in [-0.2, 0) is 22.7 Å². The summed E-state index contributed by atoms with van der Waals surface area (Å²) in [6.45, 7) is 1.01. The molecule has 1 atom stereocenters. The molecule has 2 aromatic carbocycles. The Morgan fingerprint density at radius 2 is 1.81 bits per heavy atom. The van der Waals surface area contributed by atoms with E-state index < -0.39 is 11.9 Å². The topological polar surface area (TPSA) is 66.8 Å². The zero-order chi connectivity index (χ0) is 18.7. The van der Waals surface area contributed by atoms with Crippen LogP contribution in [-0.4, -0.2) is 28.4 Å². The molecule has 2 aromatic rings. The highest BCUT2D eigenvalue weighted by atomic mass is 35.5. The number of hydrogen-bond acceptors (Lipinski definition) is 3. The highest BCUT2D eigenvalue weighted by Crippen LogP contribution is 2.24. The molecule has 136 valence electrons. The number of nitrogens with zero attached hydrogens (tertiary/aromatic N) is 1. The van der Waals surface area contributed by atoms with Gasteiger partial charge in [0.2, 0.25) is 5.91 Å². The third kappa shape index (κ3) is 4.48. The first-order valence-electron chi connectivity index (χ1n) is 8.08. The first kappa shape index (κ1) is 18.5. The summed E-state index contributed by atoms with van der Waals surface area (Å²) in [5.41, 5.74) is 1.83. The average Bonchev–Trinajstić information content (AvgIpc) is 2.98. The van der Waals surface area contributed by atoms with Crippen LogP contribution in [0.15, 0.2) is 42.5 Å². The Morgan fingerprint density at radius 3 is 2.42 bits per heavy atom. The van der Waals surface area contributed by atoms with E-state index in [0.29, 0.717) is 28.9 Å². The summed E-state index contributed by atoms with van der Waals surface area (Å²) in [4.78, 5) is 24.5. The fraction of sp³-hybridized carbons (Fsp3) is 0.263. The number of likely N-dealkylation sites (tertiary alicyclic amines) is 1. The van der Waals surface area contributed by atoms with E-state index in [-0.39, 0.29) is 18.9 Å². The Labute approximate surface area is 161 Å². The molecule has 1 aliphatic rings. The number of benzene rings is 2. The summed E-state index contributed by atoms with van der Waals surface area (Å²) in [7, 11) is 0. The van der Waals surface area contributed by atoms with E-state index >= 15 is 0 Å². The molecule has 26 heavy (non-hydrogen) atoms. The second-order valence-electron chi connectivity index (χ2n) is 6.19. The minimum absolute atomic E-state index is 0.0696. The van der Waals surface area contributed by atoms with Crippen molar-refractivity contribution in [2.45, 2.75) is 19.6 Å². The molecule has 1 fully saturated rings. The minimum Gasteiger partial charge on any atom is -0.489 e. The molecule has 0 aliphatic carbocycles. The van der Waals surface area contributed by atoms with Gasteiger partial charge in [0.25, 0.3) is 0 Å². The SMILES string of the molecule is O=C(O)C1CC(=O)N(Cc2ccc(OCc3ccc(Cl)c(Cl)c3)cc2)C1. The molecule has 7 heteroatoms. The van der Waals surface area contributed by atoms with Crippen molar-refractivity contribution in [2.24, 2.45) is 5.92 Å². The van der Waals surface area contributed by atoms with Gasteiger partial charge in [-0.2, -0.15) is 0 Å². The Hall–Kier alpha value is -2.24. The lowest BCUT2D eigenvalue weighted by atomic mass is 10.1. The second kappa shape index (κ2) is 7.98. The fourth-order valence-electron chi connectivity index (χ4n) is 2.80. The van der Waals surface area contributed by atoms with Gasteiger partial charge >= 0.3 is 5.97 Å². The predicted molar refractivity (Wildman–Crippen MR) is 98.4 cm³/mol. The van der Waals surface area contributed by atoms with Crippen molar-refractivity contribution in [3.05, 3.63) is 63.6 Å². The van der Waals surface area contributed by atoms with Gasteiger partial charge in [0, 0.05) is 19.5 Å². The predicted octanol–water partition coefficient (Wildman–Crippen LogP) is 4.01. The van der Waals surface area contributed by atoms with Gasteiger partial charge in [-0.15, -0.1) is 0 Å². The molecule has 1 unspecified atom stereocenters. The minimum atomic E-state index is -0.924. The molecule has 1 heterocycles. The van der Waals surface area contributed by atoms with Gasteiger partial charge in [-0.3, -0.25) is 9.59 Å². The number of rotatable bonds is 6. The van der Waals surface area contributed by atoms with Gasteiger partial charge in [-0.05, 0) is 35.4 Å². The summed E-state index contributed by atoms with van der Waals surface area (Å²) in [5, 5.41) is 10.0. The monoisotopic (exact) mass is 393 g/mol. The molecule has 0 radical (unpaired) electrons. The molecule has 1 aliphatic heterocycles. The third-order valence-corrected chi connectivity index (χ3v) is 4.99. The van der Waals surface area contributed by atoms with Crippen molar-refractivity contribution in [1.82, 2.24) is 4.90 Å². The van der Waals surface area contributed by atoms with Crippen LogP contribution < -0.4 is 4.74 Å². The van der Waals surface area contributed by atoms with Crippen LogP contribution in [0.5, 0.6) is 5.75 Å². The van der Waals surface area contributed by atoms with Crippen LogP contribution in [0.3, 0.4) is 0 Å². The van der Waals surface area contributed by atoms with Crippen molar-refractivity contribution >= 4 is 35.1 Å². The number of carbonyl (C=O) groups excluding carboxylic acids is 1. The number of carboxylic acid groups (broad SMARTS) is 1. The molecule has 1 N–H and O–H groups in total. The molecule has 0 spiro atoms. The van der Waals surface area contributed by atoms with Gasteiger partial charge in [0.15, 0.2) is 0 Å². The summed E-state index contributed by atoms with van der Waals surface area (Å²) in [6.07, 6.45) is 0.0696. The van der Waals surface area contributed by atoms with E-state index in [2.05, 4.69) is 0 Å². The van der Waals surface area contributed by atoms with Gasteiger partial charge < -0.3 is 14.7 Å². The van der Waals surface area contributed by atoms with Crippen molar-refractivity contribution in [3.63, 3.8) is 0 Å². The largest absolute Gasteiger partial charge is 0.489 e. The van der Waals surface area contributed by atoms with Gasteiger partial charge in [0.05, 0.1) is 16.0 Å².